The third-order valence-corrected chi connectivity index (χ3v) is 4.91. The number of nitrogens with zero attached hydrogens (tertiary/aromatic N) is 1. The molecule has 2 N–H and O–H groups in total. The number of carbonyl (C=O) groups excluding carboxylic acids is 1. The second-order valence-corrected chi connectivity index (χ2v) is 6.72. The number of aromatic nitrogens is 1. The number of hydrogen-bond donors (Lipinski definition) is 2. The van der Waals surface area contributed by atoms with E-state index in [1.165, 1.54) is 51.4 Å². The Balaban J connectivity index is 1.53. The molecule has 0 radical (unpaired) electrons. The largest absolute Gasteiger partial charge is 0.381 e. The molecule has 0 bridgehead atoms. The Morgan fingerprint density at radius 3 is 2.18 bits per heavy atom. The van der Waals surface area contributed by atoms with Crippen LogP contribution in [0.3, 0.4) is 0 Å². The molecule has 2 aliphatic rings. The molecule has 2 fully saturated rings. The summed E-state index contributed by atoms with van der Waals surface area (Å²) >= 11 is 0. The van der Waals surface area contributed by atoms with Gasteiger partial charge < -0.3 is 10.6 Å². The van der Waals surface area contributed by atoms with Crippen LogP contribution < -0.4 is 10.6 Å². The van der Waals surface area contributed by atoms with Crippen molar-refractivity contribution in [2.75, 3.05) is 5.32 Å². The van der Waals surface area contributed by atoms with E-state index >= 15 is 0 Å². The third kappa shape index (κ3) is 4.21. The van der Waals surface area contributed by atoms with E-state index in [0.717, 1.165) is 18.5 Å². The highest BCUT2D eigenvalue weighted by Gasteiger charge is 2.18. The molecule has 0 spiro atoms. The summed E-state index contributed by atoms with van der Waals surface area (Å²) in [4.78, 5) is 16.5. The summed E-state index contributed by atoms with van der Waals surface area (Å²) in [6.07, 6.45) is 14.3. The second-order valence-electron chi connectivity index (χ2n) is 6.72. The Labute approximate surface area is 133 Å². The molecule has 1 aromatic heterocycles. The Morgan fingerprint density at radius 1 is 0.909 bits per heavy atom. The molecule has 3 rings (SSSR count). The van der Waals surface area contributed by atoms with Crippen LogP contribution in [0, 0.1) is 0 Å². The van der Waals surface area contributed by atoms with Crippen LogP contribution >= 0.6 is 0 Å². The van der Waals surface area contributed by atoms with Crippen molar-refractivity contribution in [3.63, 3.8) is 0 Å². The van der Waals surface area contributed by atoms with Gasteiger partial charge in [-0.1, -0.05) is 38.5 Å². The average Bonchev–Trinajstić information content (AvgIpc) is 2.91. The molecule has 0 unspecified atom stereocenters. The summed E-state index contributed by atoms with van der Waals surface area (Å²) in [7, 11) is 0. The maximum absolute atomic E-state index is 12.2. The minimum Gasteiger partial charge on any atom is -0.381 e. The molecule has 0 aromatic carbocycles. The maximum atomic E-state index is 12.2. The van der Waals surface area contributed by atoms with Crippen molar-refractivity contribution in [3.8, 4) is 0 Å². The van der Waals surface area contributed by atoms with Crippen molar-refractivity contribution in [1.82, 2.24) is 10.3 Å². The van der Waals surface area contributed by atoms with E-state index in [1.807, 2.05) is 12.1 Å². The van der Waals surface area contributed by atoms with Crippen molar-refractivity contribution in [2.45, 2.75) is 76.3 Å². The smallest absolute Gasteiger partial charge is 0.270 e. The molecule has 4 nitrogen and oxygen atoms in total. The standard InChI is InChI=1S/C18H27N3O/c22-18(21-15-9-5-6-10-15)17-12-11-16(13-19-17)20-14-7-3-1-2-4-8-14/h11-15,20H,1-10H2,(H,21,22). The van der Waals surface area contributed by atoms with Crippen LogP contribution in [0.25, 0.3) is 0 Å². The zero-order valence-electron chi connectivity index (χ0n) is 13.3. The van der Waals surface area contributed by atoms with E-state index in [1.54, 1.807) is 6.20 Å². The summed E-state index contributed by atoms with van der Waals surface area (Å²) in [6, 6.07) is 4.73. The van der Waals surface area contributed by atoms with Crippen LogP contribution in [0.4, 0.5) is 5.69 Å². The summed E-state index contributed by atoms with van der Waals surface area (Å²) in [5.41, 5.74) is 1.56. The van der Waals surface area contributed by atoms with E-state index in [2.05, 4.69) is 15.6 Å². The highest BCUT2D eigenvalue weighted by Crippen LogP contribution is 2.21. The van der Waals surface area contributed by atoms with Gasteiger partial charge in [0.2, 0.25) is 0 Å². The van der Waals surface area contributed by atoms with Gasteiger partial charge in [0.25, 0.3) is 5.91 Å². The number of pyridine rings is 1. The lowest BCUT2D eigenvalue weighted by atomic mass is 10.1. The van der Waals surface area contributed by atoms with Crippen LogP contribution in [0.1, 0.15) is 74.7 Å². The molecule has 1 aromatic rings. The van der Waals surface area contributed by atoms with E-state index in [4.69, 9.17) is 0 Å². The Hall–Kier alpha value is -1.58. The number of nitrogens with one attached hydrogen (secondary N) is 2. The van der Waals surface area contributed by atoms with Crippen molar-refractivity contribution < 1.29 is 4.79 Å². The quantitative estimate of drug-likeness (QED) is 0.830. The van der Waals surface area contributed by atoms with E-state index in [0.29, 0.717) is 17.8 Å². The summed E-state index contributed by atoms with van der Waals surface area (Å²) in [5.74, 6) is -0.0343. The van der Waals surface area contributed by atoms with Gasteiger partial charge in [-0.05, 0) is 37.8 Å². The van der Waals surface area contributed by atoms with Gasteiger partial charge in [0.05, 0.1) is 11.9 Å². The zero-order valence-corrected chi connectivity index (χ0v) is 13.3. The Kier molecular flexibility index (Phi) is 5.30. The highest BCUT2D eigenvalue weighted by molar-refractivity contribution is 5.92. The molecule has 1 amide bonds. The molecule has 2 aliphatic carbocycles. The van der Waals surface area contributed by atoms with Gasteiger partial charge in [-0.25, -0.2) is 4.98 Å². The minimum atomic E-state index is -0.0343. The van der Waals surface area contributed by atoms with E-state index < -0.39 is 0 Å². The van der Waals surface area contributed by atoms with Crippen LogP contribution in [0.15, 0.2) is 18.3 Å². The first-order valence-electron chi connectivity index (χ1n) is 8.85. The third-order valence-electron chi connectivity index (χ3n) is 4.91. The van der Waals surface area contributed by atoms with Crippen molar-refractivity contribution in [2.24, 2.45) is 0 Å². The van der Waals surface area contributed by atoms with Gasteiger partial charge in [0.15, 0.2) is 0 Å². The number of hydrogen-bond acceptors (Lipinski definition) is 3. The molecule has 1 heterocycles. The second kappa shape index (κ2) is 7.61. The summed E-state index contributed by atoms with van der Waals surface area (Å²) in [6.45, 7) is 0. The predicted octanol–water partition coefficient (Wildman–Crippen LogP) is 3.89. The predicted molar refractivity (Wildman–Crippen MR) is 89.1 cm³/mol. The summed E-state index contributed by atoms with van der Waals surface area (Å²) < 4.78 is 0. The molecular weight excluding hydrogens is 274 g/mol. The van der Waals surface area contributed by atoms with Crippen LogP contribution in [0.2, 0.25) is 0 Å². The Morgan fingerprint density at radius 2 is 1.55 bits per heavy atom. The van der Waals surface area contributed by atoms with Gasteiger partial charge in [-0.2, -0.15) is 0 Å². The number of carbonyl (C=O) groups is 1. The van der Waals surface area contributed by atoms with E-state index in [-0.39, 0.29) is 5.91 Å². The highest BCUT2D eigenvalue weighted by atomic mass is 16.1. The van der Waals surface area contributed by atoms with Gasteiger partial charge in [0, 0.05) is 12.1 Å². The Bertz CT molecular complexity index is 472. The molecular formula is C18H27N3O. The van der Waals surface area contributed by atoms with Crippen molar-refractivity contribution in [1.29, 1.82) is 0 Å². The van der Waals surface area contributed by atoms with Gasteiger partial charge in [-0.15, -0.1) is 0 Å². The number of amides is 1. The van der Waals surface area contributed by atoms with Gasteiger partial charge in [0.1, 0.15) is 5.69 Å². The minimum absolute atomic E-state index is 0.0343. The lowest BCUT2D eigenvalue weighted by molar-refractivity contribution is 0.0933. The van der Waals surface area contributed by atoms with Crippen molar-refractivity contribution in [3.05, 3.63) is 24.0 Å². The molecule has 120 valence electrons. The lowest BCUT2D eigenvalue weighted by Crippen LogP contribution is -2.33. The molecule has 0 atom stereocenters. The first-order chi connectivity index (χ1) is 10.8. The molecule has 2 saturated carbocycles. The lowest BCUT2D eigenvalue weighted by Gasteiger charge is -2.17. The van der Waals surface area contributed by atoms with Gasteiger partial charge in [-0.3, -0.25) is 4.79 Å². The molecule has 22 heavy (non-hydrogen) atoms. The van der Waals surface area contributed by atoms with Crippen LogP contribution in [-0.2, 0) is 0 Å². The normalized spacial score (nSPS) is 20.5. The van der Waals surface area contributed by atoms with Gasteiger partial charge >= 0.3 is 0 Å². The summed E-state index contributed by atoms with van der Waals surface area (Å²) in [5, 5.41) is 6.65. The topological polar surface area (TPSA) is 54.0 Å². The monoisotopic (exact) mass is 301 g/mol. The van der Waals surface area contributed by atoms with E-state index in [9.17, 15) is 4.79 Å². The molecule has 0 saturated heterocycles. The molecule has 4 heteroatoms. The maximum Gasteiger partial charge on any atom is 0.270 e. The van der Waals surface area contributed by atoms with Crippen LogP contribution in [0.5, 0.6) is 0 Å². The average molecular weight is 301 g/mol. The van der Waals surface area contributed by atoms with Crippen molar-refractivity contribution >= 4 is 11.6 Å². The first kappa shape index (κ1) is 15.3. The molecule has 0 aliphatic heterocycles. The number of anilines is 1. The van der Waals surface area contributed by atoms with Crippen LogP contribution in [-0.4, -0.2) is 23.0 Å². The fourth-order valence-electron chi connectivity index (χ4n) is 3.60. The fraction of sp³-hybridized carbons (Fsp3) is 0.667. The fourth-order valence-corrected chi connectivity index (χ4v) is 3.60. The number of rotatable bonds is 4. The zero-order chi connectivity index (χ0) is 15.2. The SMILES string of the molecule is O=C(NC1CCCC1)c1ccc(NC2CCCCCC2)cn1. The first-order valence-corrected chi connectivity index (χ1v) is 8.85.